The number of amides is 1. The summed E-state index contributed by atoms with van der Waals surface area (Å²) < 4.78 is 5.41. The maximum Gasteiger partial charge on any atom is 0.262 e. The molecule has 1 aromatic heterocycles. The molecule has 0 atom stereocenters. The minimum Gasteiger partial charge on any atom is -0.484 e. The summed E-state index contributed by atoms with van der Waals surface area (Å²) in [5.41, 5.74) is 7.29. The van der Waals surface area contributed by atoms with Crippen LogP contribution < -0.4 is 15.8 Å². The van der Waals surface area contributed by atoms with Crippen LogP contribution in [0.1, 0.15) is 12.5 Å². The average Bonchev–Trinajstić information content (AvgIpc) is 2.48. The molecule has 3 N–H and O–H groups in total. The first-order chi connectivity index (χ1) is 9.67. The van der Waals surface area contributed by atoms with Gasteiger partial charge in [0, 0.05) is 0 Å². The Morgan fingerprint density at radius 3 is 2.60 bits per heavy atom. The number of pyridine rings is 1. The SMILES string of the molecule is CCc1ccc(OCC(=O)Nc2ccc(N)nc2)cc1. The van der Waals surface area contributed by atoms with Crippen molar-refractivity contribution in [3.8, 4) is 5.75 Å². The average molecular weight is 271 g/mol. The maximum absolute atomic E-state index is 11.7. The van der Waals surface area contributed by atoms with Crippen LogP contribution in [0, 0.1) is 0 Å². The van der Waals surface area contributed by atoms with Gasteiger partial charge in [-0.3, -0.25) is 4.79 Å². The van der Waals surface area contributed by atoms with E-state index in [0.29, 0.717) is 17.3 Å². The summed E-state index contributed by atoms with van der Waals surface area (Å²) in [6.07, 6.45) is 2.48. The van der Waals surface area contributed by atoms with Crippen molar-refractivity contribution in [2.24, 2.45) is 0 Å². The van der Waals surface area contributed by atoms with Gasteiger partial charge in [-0.05, 0) is 36.2 Å². The Labute approximate surface area is 117 Å². The van der Waals surface area contributed by atoms with Crippen LogP contribution in [0.4, 0.5) is 11.5 Å². The van der Waals surface area contributed by atoms with E-state index in [9.17, 15) is 4.79 Å². The Morgan fingerprint density at radius 2 is 2.00 bits per heavy atom. The zero-order valence-electron chi connectivity index (χ0n) is 11.3. The molecule has 0 bridgehead atoms. The Bertz CT molecular complexity index is 565. The van der Waals surface area contributed by atoms with Gasteiger partial charge >= 0.3 is 0 Å². The maximum atomic E-state index is 11.7. The molecule has 1 amide bonds. The van der Waals surface area contributed by atoms with Crippen LogP contribution in [0.2, 0.25) is 0 Å². The molecule has 0 unspecified atom stereocenters. The number of aryl methyl sites for hydroxylation is 1. The van der Waals surface area contributed by atoms with E-state index in [4.69, 9.17) is 10.5 Å². The third kappa shape index (κ3) is 3.98. The van der Waals surface area contributed by atoms with Crippen molar-refractivity contribution in [2.45, 2.75) is 13.3 Å². The summed E-state index contributed by atoms with van der Waals surface area (Å²) in [5, 5.41) is 2.68. The van der Waals surface area contributed by atoms with Gasteiger partial charge in [0.05, 0.1) is 11.9 Å². The highest BCUT2D eigenvalue weighted by Crippen LogP contribution is 2.12. The minimum absolute atomic E-state index is 0.0458. The molecule has 2 aromatic rings. The second-order valence-corrected chi connectivity index (χ2v) is 4.31. The fraction of sp³-hybridized carbons (Fsp3) is 0.200. The second kappa shape index (κ2) is 6.56. The number of carbonyl (C=O) groups excluding carboxylic acids is 1. The third-order valence-corrected chi connectivity index (χ3v) is 2.77. The standard InChI is InChI=1S/C15H17N3O2/c1-2-11-3-6-13(7-4-11)20-10-15(19)18-12-5-8-14(16)17-9-12/h3-9H,2,10H2,1H3,(H2,16,17)(H,18,19). The van der Waals surface area contributed by atoms with Crippen LogP contribution in [0.15, 0.2) is 42.6 Å². The number of rotatable bonds is 5. The molecule has 0 spiro atoms. The van der Waals surface area contributed by atoms with Crippen LogP contribution in [0.5, 0.6) is 5.75 Å². The molecule has 1 heterocycles. The lowest BCUT2D eigenvalue weighted by Crippen LogP contribution is -2.20. The predicted molar refractivity (Wildman–Crippen MR) is 78.6 cm³/mol. The van der Waals surface area contributed by atoms with Crippen molar-refractivity contribution in [3.05, 3.63) is 48.2 Å². The molecular formula is C15H17N3O2. The van der Waals surface area contributed by atoms with Crippen LogP contribution in [0.25, 0.3) is 0 Å². The topological polar surface area (TPSA) is 77.2 Å². The molecule has 0 aliphatic heterocycles. The summed E-state index contributed by atoms with van der Waals surface area (Å²) in [6, 6.07) is 11.0. The van der Waals surface area contributed by atoms with Crippen molar-refractivity contribution in [3.63, 3.8) is 0 Å². The van der Waals surface area contributed by atoms with Gasteiger partial charge in [-0.2, -0.15) is 0 Å². The van der Waals surface area contributed by atoms with Gasteiger partial charge in [-0.1, -0.05) is 19.1 Å². The summed E-state index contributed by atoms with van der Waals surface area (Å²) in [4.78, 5) is 15.6. The number of hydrogen-bond acceptors (Lipinski definition) is 4. The van der Waals surface area contributed by atoms with Crippen molar-refractivity contribution in [1.82, 2.24) is 4.98 Å². The van der Waals surface area contributed by atoms with Crippen LogP contribution >= 0.6 is 0 Å². The fourth-order valence-corrected chi connectivity index (χ4v) is 1.65. The van der Waals surface area contributed by atoms with E-state index in [2.05, 4.69) is 17.2 Å². The first-order valence-electron chi connectivity index (χ1n) is 6.40. The molecule has 0 saturated heterocycles. The highest BCUT2D eigenvalue weighted by Gasteiger charge is 2.04. The number of nitrogens with one attached hydrogen (secondary N) is 1. The molecule has 0 aliphatic carbocycles. The molecule has 104 valence electrons. The van der Waals surface area contributed by atoms with Gasteiger partial charge < -0.3 is 15.8 Å². The van der Waals surface area contributed by atoms with Crippen molar-refractivity contribution >= 4 is 17.4 Å². The number of hydrogen-bond donors (Lipinski definition) is 2. The van der Waals surface area contributed by atoms with Crippen LogP contribution in [0.3, 0.4) is 0 Å². The molecule has 1 aromatic carbocycles. The molecule has 0 radical (unpaired) electrons. The van der Waals surface area contributed by atoms with Gasteiger partial charge in [-0.25, -0.2) is 4.98 Å². The summed E-state index contributed by atoms with van der Waals surface area (Å²) in [6.45, 7) is 2.04. The number of anilines is 2. The van der Waals surface area contributed by atoms with Crippen molar-refractivity contribution < 1.29 is 9.53 Å². The molecule has 5 heteroatoms. The van der Waals surface area contributed by atoms with E-state index in [1.807, 2.05) is 24.3 Å². The fourth-order valence-electron chi connectivity index (χ4n) is 1.65. The highest BCUT2D eigenvalue weighted by atomic mass is 16.5. The van der Waals surface area contributed by atoms with E-state index in [-0.39, 0.29) is 12.5 Å². The van der Waals surface area contributed by atoms with E-state index < -0.39 is 0 Å². The van der Waals surface area contributed by atoms with Gasteiger partial charge in [0.2, 0.25) is 0 Å². The second-order valence-electron chi connectivity index (χ2n) is 4.31. The van der Waals surface area contributed by atoms with Gasteiger partial charge in [0.25, 0.3) is 5.91 Å². The van der Waals surface area contributed by atoms with Crippen LogP contribution in [-0.4, -0.2) is 17.5 Å². The van der Waals surface area contributed by atoms with E-state index >= 15 is 0 Å². The van der Waals surface area contributed by atoms with E-state index in [1.54, 1.807) is 12.1 Å². The van der Waals surface area contributed by atoms with Gasteiger partial charge in [0.15, 0.2) is 6.61 Å². The Kier molecular flexibility index (Phi) is 4.55. The molecule has 0 aliphatic rings. The Hall–Kier alpha value is -2.56. The van der Waals surface area contributed by atoms with Crippen molar-refractivity contribution in [2.75, 3.05) is 17.7 Å². The van der Waals surface area contributed by atoms with Crippen LogP contribution in [-0.2, 0) is 11.2 Å². The molecular weight excluding hydrogens is 254 g/mol. The number of carbonyl (C=O) groups is 1. The number of ether oxygens (including phenoxy) is 1. The summed E-state index contributed by atoms with van der Waals surface area (Å²) in [5.74, 6) is 0.846. The number of nitrogens with two attached hydrogens (primary N) is 1. The predicted octanol–water partition coefficient (Wildman–Crippen LogP) is 2.24. The first kappa shape index (κ1) is 13.9. The molecule has 20 heavy (non-hydrogen) atoms. The molecule has 5 nitrogen and oxygen atoms in total. The monoisotopic (exact) mass is 271 g/mol. The Morgan fingerprint density at radius 1 is 1.25 bits per heavy atom. The van der Waals surface area contributed by atoms with E-state index in [0.717, 1.165) is 6.42 Å². The third-order valence-electron chi connectivity index (χ3n) is 2.77. The largest absolute Gasteiger partial charge is 0.484 e. The molecule has 0 fully saturated rings. The van der Waals surface area contributed by atoms with E-state index in [1.165, 1.54) is 11.8 Å². The first-order valence-corrected chi connectivity index (χ1v) is 6.40. The highest BCUT2D eigenvalue weighted by molar-refractivity contribution is 5.91. The molecule has 0 saturated carbocycles. The minimum atomic E-state index is -0.240. The smallest absolute Gasteiger partial charge is 0.262 e. The lowest BCUT2D eigenvalue weighted by molar-refractivity contribution is -0.118. The number of aromatic nitrogens is 1. The molecule has 2 rings (SSSR count). The lowest BCUT2D eigenvalue weighted by atomic mass is 10.2. The van der Waals surface area contributed by atoms with Gasteiger partial charge in [0.1, 0.15) is 11.6 Å². The normalized spacial score (nSPS) is 10.1. The Balaban J connectivity index is 1.83. The summed E-state index contributed by atoms with van der Waals surface area (Å²) >= 11 is 0. The zero-order valence-corrected chi connectivity index (χ0v) is 11.3. The number of benzene rings is 1. The number of nitrogen functional groups attached to an aromatic ring is 1. The van der Waals surface area contributed by atoms with Crippen molar-refractivity contribution in [1.29, 1.82) is 0 Å². The zero-order chi connectivity index (χ0) is 14.4. The van der Waals surface area contributed by atoms with Gasteiger partial charge in [-0.15, -0.1) is 0 Å². The number of nitrogens with zero attached hydrogens (tertiary/aromatic N) is 1. The summed E-state index contributed by atoms with van der Waals surface area (Å²) in [7, 11) is 0. The quantitative estimate of drug-likeness (QED) is 0.874. The lowest BCUT2D eigenvalue weighted by Gasteiger charge is -2.08.